The number of hydrogen-bond acceptors (Lipinski definition) is 4. The summed E-state index contributed by atoms with van der Waals surface area (Å²) in [4.78, 5) is 12.0. The van der Waals surface area contributed by atoms with Gasteiger partial charge in [-0.2, -0.15) is 0 Å². The molecule has 112 valence electrons. The number of rotatable bonds is 9. The third-order valence-corrected chi connectivity index (χ3v) is 3.28. The zero-order valence-corrected chi connectivity index (χ0v) is 11.7. The Morgan fingerprint density at radius 3 is 2.80 bits per heavy atom. The number of carbonyl (C=O) groups excluding carboxylic acids is 1. The van der Waals surface area contributed by atoms with E-state index in [0.717, 1.165) is 23.9 Å². The Morgan fingerprint density at radius 1 is 1.30 bits per heavy atom. The lowest BCUT2D eigenvalue weighted by molar-refractivity contribution is -0.118. The van der Waals surface area contributed by atoms with E-state index in [1.54, 1.807) is 0 Å². The summed E-state index contributed by atoms with van der Waals surface area (Å²) in [5.41, 5.74) is 0. The van der Waals surface area contributed by atoms with Crippen LogP contribution in [-0.4, -0.2) is 43.1 Å². The Hall–Kier alpha value is -1.18. The molecule has 1 aromatic carbocycles. The minimum atomic E-state index is -0.920. The molecule has 0 aliphatic carbocycles. The standard InChI is InChI=1S/C13H17F2NO3S/c14-11-3-2-10(8-12(11)15)20-9-13(18)16-4-1-6-19-7-5-17/h2-3,8,17H,1,4-7,9H2,(H,16,18). The van der Waals surface area contributed by atoms with Crippen molar-refractivity contribution in [1.82, 2.24) is 5.32 Å². The van der Waals surface area contributed by atoms with Gasteiger partial charge in [-0.05, 0) is 24.6 Å². The average molecular weight is 305 g/mol. The number of aliphatic hydroxyl groups excluding tert-OH is 1. The molecule has 2 N–H and O–H groups in total. The van der Waals surface area contributed by atoms with Gasteiger partial charge in [-0.3, -0.25) is 4.79 Å². The van der Waals surface area contributed by atoms with Gasteiger partial charge in [0, 0.05) is 18.0 Å². The van der Waals surface area contributed by atoms with E-state index in [-0.39, 0.29) is 18.3 Å². The molecule has 1 aromatic rings. The molecule has 0 aromatic heterocycles. The molecular weight excluding hydrogens is 288 g/mol. The normalized spacial score (nSPS) is 10.6. The molecule has 0 saturated heterocycles. The second-order valence-electron chi connectivity index (χ2n) is 3.90. The molecule has 1 rings (SSSR count). The van der Waals surface area contributed by atoms with Crippen molar-refractivity contribution in [2.45, 2.75) is 11.3 Å². The first-order valence-corrected chi connectivity index (χ1v) is 7.15. The quantitative estimate of drug-likeness (QED) is 0.537. The van der Waals surface area contributed by atoms with Crippen LogP contribution in [0.3, 0.4) is 0 Å². The van der Waals surface area contributed by atoms with Gasteiger partial charge >= 0.3 is 0 Å². The van der Waals surface area contributed by atoms with Gasteiger partial charge in [0.2, 0.25) is 5.91 Å². The van der Waals surface area contributed by atoms with Crippen molar-refractivity contribution in [2.75, 3.05) is 32.1 Å². The lowest BCUT2D eigenvalue weighted by Gasteiger charge is -2.06. The van der Waals surface area contributed by atoms with E-state index >= 15 is 0 Å². The van der Waals surface area contributed by atoms with Crippen LogP contribution in [0.25, 0.3) is 0 Å². The fraction of sp³-hybridized carbons (Fsp3) is 0.462. The SMILES string of the molecule is O=C(CSc1ccc(F)c(F)c1)NCCCOCCO. The number of thioether (sulfide) groups is 1. The maximum atomic E-state index is 12.9. The van der Waals surface area contributed by atoms with Gasteiger partial charge in [-0.1, -0.05) is 0 Å². The number of carbonyl (C=O) groups is 1. The van der Waals surface area contributed by atoms with E-state index in [4.69, 9.17) is 9.84 Å². The zero-order valence-electron chi connectivity index (χ0n) is 10.9. The molecule has 0 radical (unpaired) electrons. The third-order valence-electron chi connectivity index (χ3n) is 2.28. The Morgan fingerprint density at radius 2 is 2.10 bits per heavy atom. The highest BCUT2D eigenvalue weighted by molar-refractivity contribution is 8.00. The van der Waals surface area contributed by atoms with E-state index in [1.807, 2.05) is 0 Å². The maximum absolute atomic E-state index is 12.9. The van der Waals surface area contributed by atoms with Crippen molar-refractivity contribution in [3.63, 3.8) is 0 Å². The molecule has 7 heteroatoms. The Bertz CT molecular complexity index is 432. The van der Waals surface area contributed by atoms with Crippen LogP contribution >= 0.6 is 11.8 Å². The van der Waals surface area contributed by atoms with Gasteiger partial charge in [-0.15, -0.1) is 11.8 Å². The molecule has 0 saturated carbocycles. The highest BCUT2D eigenvalue weighted by atomic mass is 32.2. The molecule has 0 spiro atoms. The molecule has 20 heavy (non-hydrogen) atoms. The fourth-order valence-corrected chi connectivity index (χ4v) is 2.09. The summed E-state index contributed by atoms with van der Waals surface area (Å²) in [5, 5.41) is 11.2. The van der Waals surface area contributed by atoms with Crippen molar-refractivity contribution in [1.29, 1.82) is 0 Å². The van der Waals surface area contributed by atoms with Crippen molar-refractivity contribution in [3.8, 4) is 0 Å². The number of hydrogen-bond donors (Lipinski definition) is 2. The molecule has 0 heterocycles. The molecule has 0 atom stereocenters. The summed E-state index contributed by atoms with van der Waals surface area (Å²) < 4.78 is 30.7. The molecule has 1 amide bonds. The van der Waals surface area contributed by atoms with Crippen LogP contribution in [0.1, 0.15) is 6.42 Å². The first-order chi connectivity index (χ1) is 9.63. The number of nitrogens with one attached hydrogen (secondary N) is 1. The average Bonchev–Trinajstić information content (AvgIpc) is 2.44. The summed E-state index contributed by atoms with van der Waals surface area (Å²) in [6.07, 6.45) is 0.654. The number of ether oxygens (including phenoxy) is 1. The van der Waals surface area contributed by atoms with Crippen LogP contribution in [0.15, 0.2) is 23.1 Å². The van der Waals surface area contributed by atoms with Gasteiger partial charge in [0.1, 0.15) is 0 Å². The molecule has 0 unspecified atom stereocenters. The molecule has 0 aliphatic heterocycles. The van der Waals surface area contributed by atoms with E-state index in [1.165, 1.54) is 6.07 Å². The maximum Gasteiger partial charge on any atom is 0.230 e. The van der Waals surface area contributed by atoms with Crippen LogP contribution in [0.5, 0.6) is 0 Å². The fourth-order valence-electron chi connectivity index (χ4n) is 1.34. The van der Waals surface area contributed by atoms with Crippen LogP contribution < -0.4 is 5.32 Å². The van der Waals surface area contributed by atoms with Crippen LogP contribution in [0, 0.1) is 11.6 Å². The van der Waals surface area contributed by atoms with Crippen LogP contribution in [0.2, 0.25) is 0 Å². The van der Waals surface area contributed by atoms with E-state index in [0.29, 0.717) is 31.1 Å². The Labute approximate surface area is 120 Å². The Balaban J connectivity index is 2.15. The summed E-state index contributed by atoms with van der Waals surface area (Å²) in [7, 11) is 0. The second kappa shape index (κ2) is 9.68. The molecule has 0 aliphatic rings. The summed E-state index contributed by atoms with van der Waals surface area (Å²) >= 11 is 1.14. The smallest absolute Gasteiger partial charge is 0.230 e. The van der Waals surface area contributed by atoms with Crippen molar-refractivity contribution < 1.29 is 23.4 Å². The third kappa shape index (κ3) is 6.83. The van der Waals surface area contributed by atoms with E-state index in [9.17, 15) is 13.6 Å². The summed E-state index contributed by atoms with van der Waals surface area (Å²) in [6.45, 7) is 1.22. The lowest BCUT2D eigenvalue weighted by Crippen LogP contribution is -2.27. The van der Waals surface area contributed by atoms with Crippen molar-refractivity contribution >= 4 is 17.7 Å². The monoisotopic (exact) mass is 305 g/mol. The van der Waals surface area contributed by atoms with Gasteiger partial charge in [-0.25, -0.2) is 8.78 Å². The molecular formula is C13H17F2NO3S. The summed E-state index contributed by atoms with van der Waals surface area (Å²) in [5.74, 6) is -1.86. The molecule has 4 nitrogen and oxygen atoms in total. The first kappa shape index (κ1) is 16.9. The number of amides is 1. The van der Waals surface area contributed by atoms with Gasteiger partial charge < -0.3 is 15.2 Å². The largest absolute Gasteiger partial charge is 0.394 e. The molecule has 0 fully saturated rings. The predicted octanol–water partition coefficient (Wildman–Crippen LogP) is 1.57. The van der Waals surface area contributed by atoms with Gasteiger partial charge in [0.05, 0.1) is 19.0 Å². The molecule has 0 bridgehead atoms. The second-order valence-corrected chi connectivity index (χ2v) is 4.95. The zero-order chi connectivity index (χ0) is 14.8. The highest BCUT2D eigenvalue weighted by Crippen LogP contribution is 2.19. The van der Waals surface area contributed by atoms with Gasteiger partial charge in [0.15, 0.2) is 11.6 Å². The minimum absolute atomic E-state index is 0.0166. The number of halogens is 2. The van der Waals surface area contributed by atoms with Crippen LogP contribution in [0.4, 0.5) is 8.78 Å². The first-order valence-electron chi connectivity index (χ1n) is 6.16. The van der Waals surface area contributed by atoms with Crippen molar-refractivity contribution in [2.24, 2.45) is 0 Å². The predicted molar refractivity (Wildman–Crippen MR) is 72.6 cm³/mol. The van der Waals surface area contributed by atoms with E-state index < -0.39 is 11.6 Å². The highest BCUT2D eigenvalue weighted by Gasteiger charge is 2.05. The topological polar surface area (TPSA) is 58.6 Å². The summed E-state index contributed by atoms with van der Waals surface area (Å²) in [6, 6.07) is 3.53. The van der Waals surface area contributed by atoms with Crippen LogP contribution in [-0.2, 0) is 9.53 Å². The minimum Gasteiger partial charge on any atom is -0.394 e. The lowest BCUT2D eigenvalue weighted by atomic mass is 10.3. The Kier molecular flexibility index (Phi) is 8.17. The number of aliphatic hydroxyl groups is 1. The number of benzene rings is 1. The van der Waals surface area contributed by atoms with Gasteiger partial charge in [0.25, 0.3) is 0 Å². The van der Waals surface area contributed by atoms with E-state index in [2.05, 4.69) is 5.32 Å². The van der Waals surface area contributed by atoms with Crippen molar-refractivity contribution in [3.05, 3.63) is 29.8 Å².